The van der Waals surface area contributed by atoms with Crippen LogP contribution in [0.3, 0.4) is 0 Å². The lowest BCUT2D eigenvalue weighted by Crippen LogP contribution is -2.64. The molecule has 0 aromatic carbocycles. The van der Waals surface area contributed by atoms with Crippen LogP contribution < -0.4 is 0 Å². The lowest BCUT2D eigenvalue weighted by atomic mass is 9.68. The van der Waals surface area contributed by atoms with Crippen LogP contribution in [0.25, 0.3) is 0 Å². The van der Waals surface area contributed by atoms with Crippen molar-refractivity contribution in [2.75, 3.05) is 0 Å². The Bertz CT molecular complexity index is 706. The highest BCUT2D eigenvalue weighted by atomic mass is 19.4. The topological polar surface area (TPSA) is 66.8 Å². The molecule has 3 unspecified atom stereocenters. The Labute approximate surface area is 178 Å². The van der Waals surface area contributed by atoms with Crippen molar-refractivity contribution >= 4 is 5.97 Å². The molecule has 1 aliphatic rings. The van der Waals surface area contributed by atoms with E-state index in [1.54, 1.807) is 0 Å². The minimum absolute atomic E-state index is 0.419. The van der Waals surface area contributed by atoms with Crippen LogP contribution in [0, 0.1) is 11.8 Å². The molecule has 1 aliphatic carbocycles. The molecule has 16 heteroatoms. The van der Waals surface area contributed by atoms with E-state index in [4.69, 9.17) is 0 Å². The molecule has 0 radical (unpaired) electrons. The molecule has 0 saturated heterocycles. The van der Waals surface area contributed by atoms with Gasteiger partial charge in [0.15, 0.2) is 0 Å². The van der Waals surface area contributed by atoms with E-state index in [0.29, 0.717) is 0 Å². The molecule has 0 aromatic heterocycles. The highest BCUT2D eigenvalue weighted by molar-refractivity contribution is 5.87. The second-order valence-corrected chi connectivity index (χ2v) is 7.90. The molecule has 1 saturated carbocycles. The van der Waals surface area contributed by atoms with Crippen molar-refractivity contribution in [3.8, 4) is 0 Å². The Morgan fingerprint density at radius 1 is 0.818 bits per heavy atom. The molecule has 0 bridgehead atoms. The molecular weight excluding hydrogens is 496 g/mol. The molecule has 0 amide bonds. The third kappa shape index (κ3) is 5.69. The maximum atomic E-state index is 13.2. The number of halogens is 12. The molecule has 33 heavy (non-hydrogen) atoms. The summed E-state index contributed by atoms with van der Waals surface area (Å²) in [6, 6.07) is 0. The third-order valence-electron chi connectivity index (χ3n) is 5.36. The summed E-state index contributed by atoms with van der Waals surface area (Å²) in [5.74, 6) is -6.76. The lowest BCUT2D eigenvalue weighted by molar-refractivity contribution is -0.392. The number of aliphatic hydroxyl groups is 2. The smallest absolute Gasteiger partial charge is 0.426 e. The summed E-state index contributed by atoms with van der Waals surface area (Å²) >= 11 is 0. The van der Waals surface area contributed by atoms with Crippen LogP contribution in [0.2, 0.25) is 0 Å². The molecule has 2 N–H and O–H groups in total. The van der Waals surface area contributed by atoms with Gasteiger partial charge in [-0.2, -0.15) is 52.7 Å². The van der Waals surface area contributed by atoms with Crippen molar-refractivity contribution < 1.29 is 72.4 Å². The summed E-state index contributed by atoms with van der Waals surface area (Å²) in [6.45, 7) is 4.10. The molecule has 0 aromatic rings. The first-order valence-electron chi connectivity index (χ1n) is 8.96. The van der Waals surface area contributed by atoms with E-state index >= 15 is 0 Å². The fourth-order valence-electron chi connectivity index (χ4n) is 3.67. The molecule has 3 atom stereocenters. The van der Waals surface area contributed by atoms with Gasteiger partial charge in [0.2, 0.25) is 0 Å². The van der Waals surface area contributed by atoms with Gasteiger partial charge in [-0.25, -0.2) is 4.79 Å². The Morgan fingerprint density at radius 3 is 1.58 bits per heavy atom. The average Bonchev–Trinajstić information content (AvgIpc) is 2.56. The monoisotopic (exact) mass is 514 g/mol. The number of hydrogen-bond donors (Lipinski definition) is 2. The summed E-state index contributed by atoms with van der Waals surface area (Å²) in [4.78, 5) is 11.6. The zero-order valence-corrected chi connectivity index (χ0v) is 16.5. The highest BCUT2D eigenvalue weighted by Gasteiger charge is 2.75. The SMILES string of the molecule is C=C(C)C(=O)OC1CC(CC(O)(C(F)(F)F)C(F)(F)F)CC(C(O)(C(F)(F)F)C(F)(F)F)C1. The number of ether oxygens (including phenoxy) is 1. The normalized spacial score (nSPS) is 23.9. The van der Waals surface area contributed by atoms with Gasteiger partial charge in [0.05, 0.1) is 0 Å². The molecule has 0 spiro atoms. The minimum atomic E-state index is -6.44. The van der Waals surface area contributed by atoms with Crippen molar-refractivity contribution in [3.63, 3.8) is 0 Å². The van der Waals surface area contributed by atoms with Crippen LogP contribution in [0.4, 0.5) is 52.7 Å². The van der Waals surface area contributed by atoms with Gasteiger partial charge in [0.1, 0.15) is 6.10 Å². The van der Waals surface area contributed by atoms with Crippen molar-refractivity contribution in [1.82, 2.24) is 0 Å². The van der Waals surface area contributed by atoms with Gasteiger partial charge in [-0.05, 0) is 38.5 Å². The van der Waals surface area contributed by atoms with E-state index in [9.17, 15) is 67.7 Å². The van der Waals surface area contributed by atoms with E-state index in [1.807, 2.05) is 0 Å². The van der Waals surface area contributed by atoms with Gasteiger partial charge in [-0.15, -0.1) is 0 Å². The predicted molar refractivity (Wildman–Crippen MR) is 84.3 cm³/mol. The van der Waals surface area contributed by atoms with Crippen LogP contribution >= 0.6 is 0 Å². The Kier molecular flexibility index (Phi) is 7.83. The van der Waals surface area contributed by atoms with Crippen LogP contribution in [-0.2, 0) is 9.53 Å². The van der Waals surface area contributed by atoms with Crippen LogP contribution in [0.15, 0.2) is 12.2 Å². The van der Waals surface area contributed by atoms with Gasteiger partial charge in [0, 0.05) is 11.5 Å². The zero-order valence-electron chi connectivity index (χ0n) is 16.5. The van der Waals surface area contributed by atoms with Crippen molar-refractivity contribution in [2.24, 2.45) is 11.8 Å². The molecule has 4 nitrogen and oxygen atoms in total. The Morgan fingerprint density at radius 2 is 1.24 bits per heavy atom. The van der Waals surface area contributed by atoms with Crippen molar-refractivity contribution in [2.45, 2.75) is 74.6 Å². The standard InChI is InChI=1S/C17H18F12O4/c1-7(2)11(30)33-10-4-8(6-12(31,14(18,19)20)15(21,22)23)3-9(5-10)13(32,16(24,25)26)17(27,28)29/h8-10,31-32H,1,3-6H2,2H3. The fourth-order valence-corrected chi connectivity index (χ4v) is 3.67. The van der Waals surface area contributed by atoms with Crippen LogP contribution in [0.1, 0.15) is 32.6 Å². The molecule has 194 valence electrons. The first-order chi connectivity index (χ1) is 14.4. The number of alkyl halides is 12. The minimum Gasteiger partial charge on any atom is -0.459 e. The van der Waals surface area contributed by atoms with Crippen molar-refractivity contribution in [1.29, 1.82) is 0 Å². The van der Waals surface area contributed by atoms with E-state index in [2.05, 4.69) is 11.3 Å². The summed E-state index contributed by atoms with van der Waals surface area (Å²) in [7, 11) is 0. The second kappa shape index (κ2) is 8.82. The Hall–Kier alpha value is -1.71. The molecule has 1 rings (SSSR count). The van der Waals surface area contributed by atoms with E-state index in [0.717, 1.165) is 6.92 Å². The van der Waals surface area contributed by atoms with E-state index in [-0.39, 0.29) is 0 Å². The van der Waals surface area contributed by atoms with Crippen LogP contribution in [-0.4, -0.2) is 58.2 Å². The fraction of sp³-hybridized carbons (Fsp3) is 0.824. The van der Waals surface area contributed by atoms with E-state index in [1.165, 1.54) is 0 Å². The molecule has 1 fully saturated rings. The molecule has 0 aliphatic heterocycles. The number of esters is 1. The second-order valence-electron chi connectivity index (χ2n) is 7.90. The average molecular weight is 514 g/mol. The summed E-state index contributed by atoms with van der Waals surface area (Å²) in [6.07, 6.45) is -34.2. The Balaban J connectivity index is 3.51. The van der Waals surface area contributed by atoms with Gasteiger partial charge < -0.3 is 14.9 Å². The largest absolute Gasteiger partial charge is 0.459 e. The predicted octanol–water partition coefficient (Wildman–Crippen LogP) is 4.99. The summed E-state index contributed by atoms with van der Waals surface area (Å²) in [5, 5.41) is 18.9. The third-order valence-corrected chi connectivity index (χ3v) is 5.36. The quantitative estimate of drug-likeness (QED) is 0.308. The zero-order chi connectivity index (χ0) is 26.4. The first kappa shape index (κ1) is 29.3. The number of carbonyl (C=O) groups excluding carboxylic acids is 1. The first-order valence-corrected chi connectivity index (χ1v) is 8.96. The number of carbonyl (C=O) groups is 1. The van der Waals surface area contributed by atoms with Gasteiger partial charge in [-0.3, -0.25) is 0 Å². The van der Waals surface area contributed by atoms with Crippen molar-refractivity contribution in [3.05, 3.63) is 12.2 Å². The molecular formula is C17H18F12O4. The van der Waals surface area contributed by atoms with Crippen LogP contribution in [0.5, 0.6) is 0 Å². The van der Waals surface area contributed by atoms with E-state index < -0.39 is 91.1 Å². The maximum Gasteiger partial charge on any atom is 0.426 e. The number of hydrogen-bond acceptors (Lipinski definition) is 4. The summed E-state index contributed by atoms with van der Waals surface area (Å²) in [5.41, 5.74) is -11.4. The van der Waals surface area contributed by atoms with Gasteiger partial charge in [-0.1, -0.05) is 6.58 Å². The highest BCUT2D eigenvalue weighted by Crippen LogP contribution is 2.55. The van der Waals surface area contributed by atoms with Gasteiger partial charge in [0.25, 0.3) is 11.2 Å². The lowest BCUT2D eigenvalue weighted by Gasteiger charge is -2.45. The number of rotatable bonds is 5. The maximum absolute atomic E-state index is 13.2. The molecule has 0 heterocycles. The van der Waals surface area contributed by atoms with Gasteiger partial charge >= 0.3 is 30.7 Å². The summed E-state index contributed by atoms with van der Waals surface area (Å²) < 4.78 is 162.